The van der Waals surface area contributed by atoms with Crippen LogP contribution in [0.5, 0.6) is 0 Å². The Labute approximate surface area is 198 Å². The highest BCUT2D eigenvalue weighted by molar-refractivity contribution is 5.85. The first-order valence-corrected chi connectivity index (χ1v) is 12.6. The van der Waals surface area contributed by atoms with E-state index in [9.17, 15) is 27.9 Å². The first kappa shape index (κ1) is 25.2. The summed E-state index contributed by atoms with van der Waals surface area (Å²) in [6, 6.07) is 1.15. The number of piperidine rings is 1. The van der Waals surface area contributed by atoms with E-state index in [4.69, 9.17) is 5.73 Å². The fourth-order valence-electron chi connectivity index (χ4n) is 6.27. The molecule has 0 radical (unpaired) electrons. The molecule has 2 heterocycles. The third-order valence-corrected chi connectivity index (χ3v) is 8.16. The molecule has 8 heteroatoms. The van der Waals surface area contributed by atoms with Crippen molar-refractivity contribution in [1.29, 1.82) is 0 Å². The number of aliphatic hydroxyl groups excluding tert-OH is 1. The Kier molecular flexibility index (Phi) is 7.97. The van der Waals surface area contributed by atoms with Gasteiger partial charge >= 0.3 is 0 Å². The fourth-order valence-corrected chi connectivity index (χ4v) is 6.27. The smallest absolute Gasteiger partial charge is 0.223 e. The molecule has 3 fully saturated rings. The number of fused-ring (bicyclic) bond motifs is 2. The van der Waals surface area contributed by atoms with Gasteiger partial charge in [0.2, 0.25) is 5.91 Å². The summed E-state index contributed by atoms with van der Waals surface area (Å²) in [6.07, 6.45) is 7.26. The van der Waals surface area contributed by atoms with Gasteiger partial charge in [-0.05, 0) is 81.3 Å². The Bertz CT molecular complexity index is 890. The molecular weight excluding hydrogens is 445 g/mol. The second-order valence-electron chi connectivity index (χ2n) is 10.6. The average molecular weight is 481 g/mol. The monoisotopic (exact) mass is 480 g/mol. The summed E-state index contributed by atoms with van der Waals surface area (Å²) < 4.78 is 40.8. The molecule has 4 atom stereocenters. The van der Waals surface area contributed by atoms with Gasteiger partial charge in [-0.2, -0.15) is 0 Å². The number of Topliss-reactive ketones (excluding diaryl/α,β-unsaturated/α-hetero) is 1. The molecule has 5 nitrogen and oxygen atoms in total. The first-order valence-electron chi connectivity index (χ1n) is 12.6. The minimum atomic E-state index is -1.21. The van der Waals surface area contributed by atoms with Gasteiger partial charge in [0.1, 0.15) is 11.6 Å². The molecule has 0 spiro atoms. The van der Waals surface area contributed by atoms with Crippen LogP contribution in [0, 0.1) is 29.3 Å². The number of benzene rings is 1. The SMILES string of the molecule is N[C@H](Cc1cc(F)c(F)cc1F)C1C[C@H]2CC[C@@H](C1)N2C(=O)CCC(=O)CC1CCC(O)CC1. The van der Waals surface area contributed by atoms with E-state index in [0.717, 1.165) is 44.6 Å². The van der Waals surface area contributed by atoms with Crippen molar-refractivity contribution in [3.8, 4) is 0 Å². The third kappa shape index (κ3) is 5.82. The Balaban J connectivity index is 1.26. The lowest BCUT2D eigenvalue weighted by atomic mass is 9.82. The van der Waals surface area contributed by atoms with E-state index in [1.54, 1.807) is 0 Å². The number of nitrogens with zero attached hydrogens (tertiary/aromatic N) is 1. The van der Waals surface area contributed by atoms with Gasteiger partial charge in [0.05, 0.1) is 6.10 Å². The van der Waals surface area contributed by atoms with Crippen molar-refractivity contribution >= 4 is 11.7 Å². The lowest BCUT2D eigenvalue weighted by Crippen LogP contribution is -2.50. The largest absolute Gasteiger partial charge is 0.393 e. The van der Waals surface area contributed by atoms with Crippen LogP contribution in [0.15, 0.2) is 12.1 Å². The van der Waals surface area contributed by atoms with Gasteiger partial charge in [-0.15, -0.1) is 0 Å². The number of hydrogen-bond donors (Lipinski definition) is 2. The molecular formula is C26H35F3N2O3. The van der Waals surface area contributed by atoms with Crippen molar-refractivity contribution in [3.05, 3.63) is 35.1 Å². The van der Waals surface area contributed by atoms with Gasteiger partial charge in [-0.1, -0.05) is 0 Å². The quantitative estimate of drug-likeness (QED) is 0.551. The molecule has 3 aliphatic rings. The standard InChI is InChI=1S/C26H35F3N2O3/c27-22-14-24(29)23(28)12-16(22)13-25(30)17-10-18-3-4-19(11-17)31(18)26(34)8-7-21(33)9-15-1-5-20(32)6-2-15/h12,14-15,17-20,25,32H,1-11,13,30H2/t15?,17?,18-,19+,20?,25-/m1/s1. The molecule has 1 aromatic rings. The number of rotatable bonds is 8. The summed E-state index contributed by atoms with van der Waals surface area (Å²) in [6.45, 7) is 0. The summed E-state index contributed by atoms with van der Waals surface area (Å²) in [7, 11) is 0. The Morgan fingerprint density at radius 2 is 1.56 bits per heavy atom. The van der Waals surface area contributed by atoms with Gasteiger partial charge in [0.15, 0.2) is 11.6 Å². The van der Waals surface area contributed by atoms with Crippen molar-refractivity contribution < 1.29 is 27.9 Å². The normalized spacial score (nSPS) is 29.8. The highest BCUT2D eigenvalue weighted by Gasteiger charge is 2.44. The van der Waals surface area contributed by atoms with E-state index in [1.165, 1.54) is 0 Å². The highest BCUT2D eigenvalue weighted by Crippen LogP contribution is 2.40. The van der Waals surface area contributed by atoms with Crippen molar-refractivity contribution in [1.82, 2.24) is 4.90 Å². The number of hydrogen-bond acceptors (Lipinski definition) is 4. The van der Waals surface area contributed by atoms with Crippen LogP contribution in [0.25, 0.3) is 0 Å². The second kappa shape index (κ2) is 10.8. The fraction of sp³-hybridized carbons (Fsp3) is 0.692. The van der Waals surface area contributed by atoms with E-state index < -0.39 is 23.5 Å². The number of aliphatic hydroxyl groups is 1. The zero-order valence-corrected chi connectivity index (χ0v) is 19.5. The summed E-state index contributed by atoms with van der Waals surface area (Å²) in [5.74, 6) is -2.57. The first-order chi connectivity index (χ1) is 16.2. The Morgan fingerprint density at radius 1 is 0.941 bits per heavy atom. The minimum absolute atomic E-state index is 0.0126. The number of carbonyl (C=O) groups excluding carboxylic acids is 2. The topological polar surface area (TPSA) is 83.6 Å². The van der Waals surface area contributed by atoms with Crippen LogP contribution in [-0.4, -0.2) is 45.9 Å². The van der Waals surface area contributed by atoms with Crippen LogP contribution in [0.3, 0.4) is 0 Å². The lowest BCUT2D eigenvalue weighted by molar-refractivity contribution is -0.138. The van der Waals surface area contributed by atoms with Gasteiger partial charge in [-0.25, -0.2) is 13.2 Å². The molecule has 34 heavy (non-hydrogen) atoms. The predicted octanol–water partition coefficient (Wildman–Crippen LogP) is 4.03. The van der Waals surface area contributed by atoms with Crippen molar-refractivity contribution in [2.75, 3.05) is 0 Å². The van der Waals surface area contributed by atoms with E-state index >= 15 is 0 Å². The maximum Gasteiger partial charge on any atom is 0.223 e. The second-order valence-corrected chi connectivity index (χ2v) is 10.6. The van der Waals surface area contributed by atoms with Gasteiger partial charge in [-0.3, -0.25) is 9.59 Å². The van der Waals surface area contributed by atoms with E-state index in [2.05, 4.69) is 0 Å². The Morgan fingerprint density at radius 3 is 2.21 bits per heavy atom. The molecule has 1 aromatic carbocycles. The van der Waals surface area contributed by atoms with E-state index in [1.807, 2.05) is 4.90 Å². The molecule has 1 unspecified atom stereocenters. The summed E-state index contributed by atoms with van der Waals surface area (Å²) >= 11 is 0. The highest BCUT2D eigenvalue weighted by atomic mass is 19.2. The summed E-state index contributed by atoms with van der Waals surface area (Å²) in [4.78, 5) is 27.3. The number of carbonyl (C=O) groups is 2. The molecule has 2 aliphatic heterocycles. The Hall–Kier alpha value is -1.93. The molecule has 1 amide bonds. The predicted molar refractivity (Wildman–Crippen MR) is 121 cm³/mol. The molecule has 2 saturated heterocycles. The molecule has 4 rings (SSSR count). The van der Waals surface area contributed by atoms with Crippen LogP contribution >= 0.6 is 0 Å². The van der Waals surface area contributed by atoms with Gasteiger partial charge < -0.3 is 15.7 Å². The summed E-state index contributed by atoms with van der Waals surface area (Å²) in [5.41, 5.74) is 6.43. The minimum Gasteiger partial charge on any atom is -0.393 e. The number of amides is 1. The van der Waals surface area contributed by atoms with Crippen molar-refractivity contribution in [3.63, 3.8) is 0 Å². The van der Waals surface area contributed by atoms with Crippen LogP contribution in [0.4, 0.5) is 13.2 Å². The zero-order chi connectivity index (χ0) is 24.4. The van der Waals surface area contributed by atoms with Gasteiger partial charge in [0, 0.05) is 43.5 Å². The van der Waals surface area contributed by atoms with Crippen LogP contribution in [0.2, 0.25) is 0 Å². The van der Waals surface area contributed by atoms with Crippen LogP contribution < -0.4 is 5.73 Å². The molecule has 188 valence electrons. The van der Waals surface area contributed by atoms with Crippen LogP contribution in [-0.2, 0) is 16.0 Å². The van der Waals surface area contributed by atoms with E-state index in [-0.39, 0.29) is 60.6 Å². The van der Waals surface area contributed by atoms with Gasteiger partial charge in [0.25, 0.3) is 0 Å². The van der Waals surface area contributed by atoms with Crippen LogP contribution in [0.1, 0.15) is 76.2 Å². The maximum atomic E-state index is 14.1. The van der Waals surface area contributed by atoms with Crippen molar-refractivity contribution in [2.45, 2.75) is 101 Å². The molecule has 1 saturated carbocycles. The molecule has 3 N–H and O–H groups in total. The van der Waals surface area contributed by atoms with Crippen molar-refractivity contribution in [2.24, 2.45) is 17.6 Å². The zero-order valence-electron chi connectivity index (χ0n) is 19.5. The lowest BCUT2D eigenvalue weighted by Gasteiger charge is -2.41. The maximum absolute atomic E-state index is 14.1. The number of ketones is 1. The molecule has 1 aliphatic carbocycles. The number of nitrogens with two attached hydrogens (primary N) is 1. The summed E-state index contributed by atoms with van der Waals surface area (Å²) in [5, 5.41) is 9.61. The average Bonchev–Trinajstić information content (AvgIpc) is 3.06. The van der Waals surface area contributed by atoms with E-state index in [0.29, 0.717) is 31.2 Å². The molecule has 2 bridgehead atoms. The number of halogens is 3. The third-order valence-electron chi connectivity index (χ3n) is 8.16. The molecule has 0 aromatic heterocycles.